The molecule has 2 aromatic carbocycles. The predicted octanol–water partition coefficient (Wildman–Crippen LogP) is 4.70. The van der Waals surface area contributed by atoms with Crippen molar-refractivity contribution in [1.82, 2.24) is 14.9 Å². The maximum atomic E-state index is 13.6. The van der Waals surface area contributed by atoms with Crippen molar-refractivity contribution >= 4 is 51.6 Å². The van der Waals surface area contributed by atoms with E-state index in [0.717, 1.165) is 25.9 Å². The minimum Gasteiger partial charge on any atom is -0.491 e. The summed E-state index contributed by atoms with van der Waals surface area (Å²) in [6.07, 6.45) is 4.03. The fraction of sp³-hybridized carbons (Fsp3) is 0.308. The minimum atomic E-state index is -0.524. The number of unbranched alkanes of at least 4 members (excludes halogenated alkanes) is 1. The lowest BCUT2D eigenvalue weighted by molar-refractivity contribution is -0.157. The monoisotopic (exact) mass is 527 g/mol. The van der Waals surface area contributed by atoms with E-state index in [-0.39, 0.29) is 17.1 Å². The highest BCUT2D eigenvalue weighted by Crippen LogP contribution is 2.34. The van der Waals surface area contributed by atoms with Crippen molar-refractivity contribution in [3.8, 4) is 5.75 Å². The molecule has 3 aromatic rings. The number of aromatic nitrogens is 2. The van der Waals surface area contributed by atoms with Crippen molar-refractivity contribution < 1.29 is 23.5 Å². The summed E-state index contributed by atoms with van der Waals surface area (Å²) >= 11 is 5.90. The molecule has 11 heteroatoms. The fourth-order valence-corrected chi connectivity index (χ4v) is 4.18. The molecule has 37 heavy (non-hydrogen) atoms. The molecule has 1 saturated heterocycles. The van der Waals surface area contributed by atoms with E-state index in [4.69, 9.17) is 21.1 Å². The molecule has 9 nitrogen and oxygen atoms in total. The summed E-state index contributed by atoms with van der Waals surface area (Å²) < 4.78 is 24.7. The van der Waals surface area contributed by atoms with Gasteiger partial charge in [0.25, 0.3) is 0 Å². The van der Waals surface area contributed by atoms with Crippen LogP contribution >= 0.6 is 11.6 Å². The summed E-state index contributed by atoms with van der Waals surface area (Å²) in [5.74, 6) is -0.224. The number of carbonyl (C=O) groups excluding carboxylic acids is 2. The molecule has 0 aliphatic carbocycles. The third-order valence-electron chi connectivity index (χ3n) is 5.69. The van der Waals surface area contributed by atoms with Crippen LogP contribution in [0.2, 0.25) is 5.02 Å². The molecule has 1 amide bonds. The Morgan fingerprint density at radius 2 is 2.16 bits per heavy atom. The first-order chi connectivity index (χ1) is 17.8. The van der Waals surface area contributed by atoms with Gasteiger partial charge >= 0.3 is 5.97 Å². The number of rotatable bonds is 10. The topological polar surface area (TPSA) is 106 Å². The number of halogens is 2. The third-order valence-corrected chi connectivity index (χ3v) is 5.98. The third kappa shape index (κ3) is 6.93. The van der Waals surface area contributed by atoms with Gasteiger partial charge < -0.3 is 20.1 Å². The molecular formula is C26H27ClFN5O4. The summed E-state index contributed by atoms with van der Waals surface area (Å²) in [6.45, 7) is 7.57. The number of esters is 1. The van der Waals surface area contributed by atoms with Crippen molar-refractivity contribution in [3.05, 3.63) is 60.2 Å². The van der Waals surface area contributed by atoms with E-state index in [1.54, 1.807) is 18.2 Å². The normalized spacial score (nSPS) is 15.8. The van der Waals surface area contributed by atoms with Crippen LogP contribution in [0.3, 0.4) is 0 Å². The van der Waals surface area contributed by atoms with Crippen molar-refractivity contribution in [1.29, 1.82) is 0 Å². The van der Waals surface area contributed by atoms with Gasteiger partial charge in [0, 0.05) is 23.7 Å². The summed E-state index contributed by atoms with van der Waals surface area (Å²) in [5.41, 5.74) is 1.55. The van der Waals surface area contributed by atoms with Crippen LogP contribution in [-0.4, -0.2) is 59.1 Å². The molecule has 1 aromatic heterocycles. The zero-order valence-electron chi connectivity index (χ0n) is 20.3. The van der Waals surface area contributed by atoms with Gasteiger partial charge in [-0.3, -0.25) is 14.5 Å². The quantitative estimate of drug-likeness (QED) is 0.222. The number of benzene rings is 2. The molecule has 0 spiro atoms. The molecule has 1 atom stereocenters. The molecule has 1 aliphatic rings. The molecule has 194 valence electrons. The highest BCUT2D eigenvalue weighted by molar-refractivity contribution is 6.31. The first kappa shape index (κ1) is 26.3. The van der Waals surface area contributed by atoms with Crippen molar-refractivity contribution in [2.45, 2.75) is 25.9 Å². The van der Waals surface area contributed by atoms with Gasteiger partial charge in [0.2, 0.25) is 5.91 Å². The Morgan fingerprint density at radius 1 is 1.32 bits per heavy atom. The summed E-state index contributed by atoms with van der Waals surface area (Å²) in [5, 5.41) is 6.47. The van der Waals surface area contributed by atoms with Crippen molar-refractivity contribution in [2.24, 2.45) is 0 Å². The van der Waals surface area contributed by atoms with Gasteiger partial charge in [-0.2, -0.15) is 0 Å². The summed E-state index contributed by atoms with van der Waals surface area (Å²) in [4.78, 5) is 34.4. The Labute approximate surface area is 218 Å². The lowest BCUT2D eigenvalue weighted by atomic mass is 10.1. The lowest BCUT2D eigenvalue weighted by Gasteiger charge is -2.30. The SMILES string of the molecule is C=CC(=O)Nc1cc2c(Nc3ccc(F)c(Cl)c3)ncnc2cc1OCCCCN1CC(=O)OC(C)C1. The molecule has 4 rings (SSSR count). The number of anilines is 3. The Morgan fingerprint density at radius 3 is 2.92 bits per heavy atom. The molecule has 0 bridgehead atoms. The Hall–Kier alpha value is -3.76. The summed E-state index contributed by atoms with van der Waals surface area (Å²) in [7, 11) is 0. The largest absolute Gasteiger partial charge is 0.491 e. The molecule has 0 saturated carbocycles. The molecule has 1 fully saturated rings. The summed E-state index contributed by atoms with van der Waals surface area (Å²) in [6, 6.07) is 7.69. The number of nitrogens with one attached hydrogen (secondary N) is 2. The smallest absolute Gasteiger partial charge is 0.320 e. The molecule has 1 unspecified atom stereocenters. The fourth-order valence-electron chi connectivity index (χ4n) is 3.99. The van der Waals surface area contributed by atoms with Crippen LogP contribution in [0.5, 0.6) is 5.75 Å². The second-order valence-electron chi connectivity index (χ2n) is 8.63. The van der Waals surface area contributed by atoms with Gasteiger partial charge in [-0.25, -0.2) is 14.4 Å². The molecule has 2 heterocycles. The number of amides is 1. The first-order valence-corrected chi connectivity index (χ1v) is 12.2. The van der Waals surface area contributed by atoms with Crippen LogP contribution in [0.15, 0.2) is 49.3 Å². The Bertz CT molecular complexity index is 1320. The molecule has 0 radical (unpaired) electrons. The molecular weight excluding hydrogens is 501 g/mol. The highest BCUT2D eigenvalue weighted by atomic mass is 35.5. The van der Waals surface area contributed by atoms with Crippen LogP contribution in [0, 0.1) is 5.82 Å². The van der Waals surface area contributed by atoms with Crippen molar-refractivity contribution in [2.75, 3.05) is 36.9 Å². The van der Waals surface area contributed by atoms with E-state index in [9.17, 15) is 14.0 Å². The second kappa shape index (κ2) is 12.0. The van der Waals surface area contributed by atoms with E-state index in [1.165, 1.54) is 24.5 Å². The standard InChI is InChI=1S/C26H27ClFN5O4/c1-3-24(34)32-22-11-18-21(29-15-30-26(18)31-17-6-7-20(28)19(27)10-17)12-23(22)36-9-5-4-8-33-13-16(2)37-25(35)14-33/h3,6-7,10-12,15-16H,1,4-5,8-9,13-14H2,2H3,(H,32,34)(H,29,30,31). The van der Waals surface area contributed by atoms with Crippen molar-refractivity contribution in [3.63, 3.8) is 0 Å². The maximum absolute atomic E-state index is 13.6. The van der Waals surface area contributed by atoms with Gasteiger partial charge in [0.1, 0.15) is 29.8 Å². The van der Waals surface area contributed by atoms with E-state index >= 15 is 0 Å². The Kier molecular flexibility index (Phi) is 8.52. The van der Waals surface area contributed by atoms with Gasteiger partial charge in [0.15, 0.2) is 0 Å². The van der Waals surface area contributed by atoms with Gasteiger partial charge in [-0.05, 0) is 56.7 Å². The number of fused-ring (bicyclic) bond motifs is 1. The average Bonchev–Trinajstić information content (AvgIpc) is 2.86. The number of ether oxygens (including phenoxy) is 2. The van der Waals surface area contributed by atoms with Gasteiger partial charge in [-0.15, -0.1) is 0 Å². The highest BCUT2D eigenvalue weighted by Gasteiger charge is 2.22. The number of morpholine rings is 1. The Balaban J connectivity index is 1.48. The first-order valence-electron chi connectivity index (χ1n) is 11.8. The van der Waals surface area contributed by atoms with E-state index < -0.39 is 11.7 Å². The number of hydrogen-bond acceptors (Lipinski definition) is 8. The van der Waals surface area contributed by atoms with E-state index in [2.05, 4.69) is 32.1 Å². The number of hydrogen-bond donors (Lipinski definition) is 2. The van der Waals surface area contributed by atoms with Crippen LogP contribution < -0.4 is 15.4 Å². The zero-order chi connectivity index (χ0) is 26.4. The second-order valence-corrected chi connectivity index (χ2v) is 9.03. The van der Waals surface area contributed by atoms with E-state index in [1.807, 2.05) is 6.92 Å². The van der Waals surface area contributed by atoms with Crippen LogP contribution in [0.4, 0.5) is 21.6 Å². The molecule has 1 aliphatic heterocycles. The minimum absolute atomic E-state index is 0.0206. The van der Waals surface area contributed by atoms with Crippen LogP contribution in [0.25, 0.3) is 10.9 Å². The maximum Gasteiger partial charge on any atom is 0.320 e. The predicted molar refractivity (Wildman–Crippen MR) is 140 cm³/mol. The number of nitrogens with zero attached hydrogens (tertiary/aromatic N) is 3. The average molecular weight is 528 g/mol. The molecule has 2 N–H and O–H groups in total. The van der Waals surface area contributed by atoms with Crippen LogP contribution in [0.1, 0.15) is 19.8 Å². The lowest BCUT2D eigenvalue weighted by Crippen LogP contribution is -2.44. The number of carbonyl (C=O) groups is 2. The van der Waals surface area contributed by atoms with Crippen LogP contribution in [-0.2, 0) is 14.3 Å². The number of cyclic esters (lactones) is 1. The van der Waals surface area contributed by atoms with Gasteiger partial charge in [0.05, 0.1) is 29.4 Å². The van der Waals surface area contributed by atoms with Gasteiger partial charge in [-0.1, -0.05) is 18.2 Å². The zero-order valence-corrected chi connectivity index (χ0v) is 21.1. The van der Waals surface area contributed by atoms with E-state index in [0.29, 0.717) is 47.0 Å².